The maximum absolute atomic E-state index is 4.65. The quantitative estimate of drug-likeness (QED) is 0.855. The van der Waals surface area contributed by atoms with Gasteiger partial charge in [-0.25, -0.2) is 4.98 Å². The van der Waals surface area contributed by atoms with Crippen LogP contribution in [-0.4, -0.2) is 10.5 Å². The predicted octanol–water partition coefficient (Wildman–Crippen LogP) is 4.60. The number of anilines is 1. The maximum atomic E-state index is 4.65. The largest absolute Gasteiger partial charge is 0.357 e. The van der Waals surface area contributed by atoms with Crippen molar-refractivity contribution < 1.29 is 0 Å². The van der Waals surface area contributed by atoms with Gasteiger partial charge in [0.25, 0.3) is 0 Å². The normalized spacial score (nSPS) is 12.0. The third-order valence-electron chi connectivity index (χ3n) is 2.86. The number of hydrogen-bond donors (Lipinski definition) is 1. The SMILES string of the molecule is CCCC(C)(C)Nc1nc2cc(C)ccc2s1. The third-order valence-corrected chi connectivity index (χ3v) is 3.82. The van der Waals surface area contributed by atoms with Gasteiger partial charge >= 0.3 is 0 Å². The zero-order valence-corrected chi connectivity index (χ0v) is 11.8. The van der Waals surface area contributed by atoms with Gasteiger partial charge in [-0.2, -0.15) is 0 Å². The average Bonchev–Trinajstić information content (AvgIpc) is 2.57. The number of nitrogens with zero attached hydrogens (tertiary/aromatic N) is 1. The van der Waals surface area contributed by atoms with Crippen molar-refractivity contribution in [3.05, 3.63) is 23.8 Å². The smallest absolute Gasteiger partial charge is 0.184 e. The van der Waals surface area contributed by atoms with Crippen LogP contribution < -0.4 is 5.32 Å². The van der Waals surface area contributed by atoms with E-state index in [1.807, 2.05) is 0 Å². The second-order valence-electron chi connectivity index (χ2n) is 5.25. The number of nitrogens with one attached hydrogen (secondary N) is 1. The fourth-order valence-electron chi connectivity index (χ4n) is 2.07. The van der Waals surface area contributed by atoms with Crippen LogP contribution in [0.3, 0.4) is 0 Å². The topological polar surface area (TPSA) is 24.9 Å². The highest BCUT2D eigenvalue weighted by atomic mass is 32.1. The van der Waals surface area contributed by atoms with Crippen molar-refractivity contribution in [3.63, 3.8) is 0 Å². The molecule has 0 atom stereocenters. The fraction of sp³-hybridized carbons (Fsp3) is 0.500. The Morgan fingerprint density at radius 3 is 2.82 bits per heavy atom. The number of thiazole rings is 1. The molecule has 0 amide bonds. The van der Waals surface area contributed by atoms with E-state index in [0.29, 0.717) is 0 Å². The van der Waals surface area contributed by atoms with E-state index in [1.54, 1.807) is 11.3 Å². The van der Waals surface area contributed by atoms with Crippen molar-refractivity contribution in [3.8, 4) is 0 Å². The van der Waals surface area contributed by atoms with E-state index in [1.165, 1.54) is 16.7 Å². The Morgan fingerprint density at radius 2 is 2.12 bits per heavy atom. The van der Waals surface area contributed by atoms with Crippen LogP contribution in [0.5, 0.6) is 0 Å². The van der Waals surface area contributed by atoms with Gasteiger partial charge < -0.3 is 5.32 Å². The number of aryl methyl sites for hydroxylation is 1. The highest BCUT2D eigenvalue weighted by molar-refractivity contribution is 7.22. The molecular weight excluding hydrogens is 228 g/mol. The summed E-state index contributed by atoms with van der Waals surface area (Å²) in [5.74, 6) is 0. The Bertz CT molecular complexity index is 514. The van der Waals surface area contributed by atoms with E-state index >= 15 is 0 Å². The van der Waals surface area contributed by atoms with Crippen molar-refractivity contribution >= 4 is 26.7 Å². The Labute approximate surface area is 107 Å². The first-order valence-corrected chi connectivity index (χ1v) is 6.97. The molecule has 0 spiro atoms. The lowest BCUT2D eigenvalue weighted by Gasteiger charge is -2.25. The molecule has 2 nitrogen and oxygen atoms in total. The number of rotatable bonds is 4. The van der Waals surface area contributed by atoms with Gasteiger partial charge in [0, 0.05) is 5.54 Å². The minimum atomic E-state index is 0.123. The summed E-state index contributed by atoms with van der Waals surface area (Å²) in [6, 6.07) is 6.44. The molecule has 2 rings (SSSR count). The molecule has 0 unspecified atom stereocenters. The van der Waals surface area contributed by atoms with Crippen molar-refractivity contribution in [2.24, 2.45) is 0 Å². The molecule has 0 aliphatic carbocycles. The molecule has 0 saturated heterocycles. The summed E-state index contributed by atoms with van der Waals surface area (Å²) in [6.45, 7) is 8.78. The Morgan fingerprint density at radius 1 is 1.35 bits per heavy atom. The van der Waals surface area contributed by atoms with E-state index in [-0.39, 0.29) is 5.54 Å². The molecule has 1 heterocycles. The van der Waals surface area contributed by atoms with Crippen LogP contribution in [0.2, 0.25) is 0 Å². The van der Waals surface area contributed by atoms with Crippen molar-refractivity contribution in [2.45, 2.75) is 46.1 Å². The van der Waals surface area contributed by atoms with Gasteiger partial charge in [0.1, 0.15) is 0 Å². The monoisotopic (exact) mass is 248 g/mol. The molecule has 2 aromatic rings. The second kappa shape index (κ2) is 4.65. The van der Waals surface area contributed by atoms with Gasteiger partial charge in [-0.3, -0.25) is 0 Å². The van der Waals surface area contributed by atoms with Crippen molar-refractivity contribution in [1.82, 2.24) is 4.98 Å². The van der Waals surface area contributed by atoms with Crippen LogP contribution in [-0.2, 0) is 0 Å². The summed E-state index contributed by atoms with van der Waals surface area (Å²) < 4.78 is 1.25. The Kier molecular flexibility index (Phi) is 3.38. The number of fused-ring (bicyclic) bond motifs is 1. The molecule has 1 N–H and O–H groups in total. The lowest BCUT2D eigenvalue weighted by molar-refractivity contribution is 0.511. The van der Waals surface area contributed by atoms with E-state index in [0.717, 1.165) is 17.1 Å². The molecule has 17 heavy (non-hydrogen) atoms. The summed E-state index contributed by atoms with van der Waals surface area (Å²) in [7, 11) is 0. The van der Waals surface area contributed by atoms with Gasteiger partial charge in [-0.1, -0.05) is 30.7 Å². The van der Waals surface area contributed by atoms with Gasteiger partial charge in [-0.15, -0.1) is 0 Å². The van der Waals surface area contributed by atoms with E-state index in [9.17, 15) is 0 Å². The van der Waals surface area contributed by atoms with E-state index < -0.39 is 0 Å². The third kappa shape index (κ3) is 2.97. The first kappa shape index (κ1) is 12.4. The zero-order valence-electron chi connectivity index (χ0n) is 11.0. The second-order valence-corrected chi connectivity index (χ2v) is 6.28. The van der Waals surface area contributed by atoms with Crippen molar-refractivity contribution in [1.29, 1.82) is 0 Å². The first-order valence-electron chi connectivity index (χ1n) is 6.15. The van der Waals surface area contributed by atoms with Crippen LogP contribution >= 0.6 is 11.3 Å². The Balaban J connectivity index is 2.25. The van der Waals surface area contributed by atoms with Crippen molar-refractivity contribution in [2.75, 3.05) is 5.32 Å². The molecule has 1 aromatic carbocycles. The number of hydrogen-bond acceptors (Lipinski definition) is 3. The molecular formula is C14H20N2S. The molecule has 3 heteroatoms. The van der Waals surface area contributed by atoms with Gasteiger partial charge in [0.2, 0.25) is 0 Å². The molecule has 0 fully saturated rings. The summed E-state index contributed by atoms with van der Waals surface area (Å²) in [5, 5.41) is 4.57. The van der Waals surface area contributed by atoms with Crippen LogP contribution in [0, 0.1) is 6.92 Å². The van der Waals surface area contributed by atoms with Crippen LogP contribution in [0.1, 0.15) is 39.2 Å². The predicted molar refractivity (Wildman–Crippen MR) is 77.0 cm³/mol. The first-order chi connectivity index (χ1) is 8.00. The van der Waals surface area contributed by atoms with Gasteiger partial charge in [0.15, 0.2) is 5.13 Å². The molecule has 0 saturated carbocycles. The minimum absolute atomic E-state index is 0.123. The fourth-order valence-corrected chi connectivity index (χ4v) is 3.09. The molecule has 0 aliphatic heterocycles. The molecule has 0 bridgehead atoms. The zero-order chi connectivity index (χ0) is 12.5. The van der Waals surface area contributed by atoms with Crippen LogP contribution in [0.4, 0.5) is 5.13 Å². The van der Waals surface area contributed by atoms with Crippen LogP contribution in [0.25, 0.3) is 10.2 Å². The highest BCUT2D eigenvalue weighted by Crippen LogP contribution is 2.29. The summed E-state index contributed by atoms with van der Waals surface area (Å²) in [6.07, 6.45) is 2.34. The molecule has 92 valence electrons. The maximum Gasteiger partial charge on any atom is 0.184 e. The van der Waals surface area contributed by atoms with Gasteiger partial charge in [-0.05, 0) is 44.9 Å². The number of aromatic nitrogens is 1. The van der Waals surface area contributed by atoms with E-state index in [4.69, 9.17) is 0 Å². The summed E-state index contributed by atoms with van der Waals surface area (Å²) in [4.78, 5) is 4.65. The van der Waals surface area contributed by atoms with Crippen LogP contribution in [0.15, 0.2) is 18.2 Å². The van der Waals surface area contributed by atoms with Gasteiger partial charge in [0.05, 0.1) is 10.2 Å². The number of benzene rings is 1. The summed E-state index contributed by atoms with van der Waals surface area (Å²) in [5.41, 5.74) is 2.49. The standard InChI is InChI=1S/C14H20N2S/c1-5-8-14(3,4)16-13-15-11-9-10(2)6-7-12(11)17-13/h6-7,9H,5,8H2,1-4H3,(H,15,16). The Hall–Kier alpha value is -1.09. The lowest BCUT2D eigenvalue weighted by atomic mass is 10.00. The summed E-state index contributed by atoms with van der Waals surface area (Å²) >= 11 is 1.74. The average molecular weight is 248 g/mol. The minimum Gasteiger partial charge on any atom is -0.357 e. The molecule has 0 radical (unpaired) electrons. The van der Waals surface area contributed by atoms with E-state index in [2.05, 4.69) is 56.2 Å². The molecule has 0 aliphatic rings. The lowest BCUT2D eigenvalue weighted by Crippen LogP contribution is -2.30. The highest BCUT2D eigenvalue weighted by Gasteiger charge is 2.17. The molecule has 1 aromatic heterocycles.